The Morgan fingerprint density at radius 3 is 2.82 bits per heavy atom. The van der Waals surface area contributed by atoms with Gasteiger partial charge in [0.25, 0.3) is 0 Å². The lowest BCUT2D eigenvalue weighted by atomic mass is 10.2. The van der Waals surface area contributed by atoms with Crippen molar-refractivity contribution >= 4 is 15.9 Å². The highest BCUT2D eigenvalue weighted by atomic mass is 79.9. The molecule has 1 aromatic rings. The Morgan fingerprint density at radius 1 is 1.29 bits per heavy atom. The first-order chi connectivity index (χ1) is 8.24. The Bertz CT molecular complexity index is 333. The van der Waals surface area contributed by atoms with Crippen molar-refractivity contribution < 1.29 is 9.13 Å². The summed E-state index contributed by atoms with van der Waals surface area (Å²) >= 11 is 3.24. The maximum Gasteiger partial charge on any atom is 0.128 e. The van der Waals surface area contributed by atoms with E-state index < -0.39 is 0 Å². The largest absolute Gasteiger partial charge is 0.385 e. The first kappa shape index (κ1) is 14.6. The summed E-state index contributed by atoms with van der Waals surface area (Å²) in [6.07, 6.45) is 3.33. The third-order valence-corrected chi connectivity index (χ3v) is 3.03. The van der Waals surface area contributed by atoms with Gasteiger partial charge in [0.15, 0.2) is 0 Å². The predicted octanol–water partition coefficient (Wildman–Crippen LogP) is 3.49. The van der Waals surface area contributed by atoms with Crippen LogP contribution in [0, 0.1) is 5.82 Å². The van der Waals surface area contributed by atoms with E-state index >= 15 is 0 Å². The highest BCUT2D eigenvalue weighted by Gasteiger charge is 2.01. The zero-order valence-electron chi connectivity index (χ0n) is 10.1. The number of nitrogens with one attached hydrogen (secondary N) is 1. The molecule has 0 unspecified atom stereocenters. The lowest BCUT2D eigenvalue weighted by Gasteiger charge is -2.06. The van der Waals surface area contributed by atoms with Crippen molar-refractivity contribution in [1.29, 1.82) is 0 Å². The van der Waals surface area contributed by atoms with E-state index in [9.17, 15) is 4.39 Å². The van der Waals surface area contributed by atoms with E-state index in [1.807, 2.05) is 6.07 Å². The van der Waals surface area contributed by atoms with E-state index in [4.69, 9.17) is 4.74 Å². The third kappa shape index (κ3) is 6.15. The number of unbranched alkanes of at least 4 members (excludes halogenated alkanes) is 2. The first-order valence-corrected chi connectivity index (χ1v) is 6.67. The van der Waals surface area contributed by atoms with Gasteiger partial charge in [0.05, 0.1) is 0 Å². The SMILES string of the molecule is COCCCCCNCc1ccc(Br)cc1F. The Hall–Kier alpha value is -0.450. The molecule has 1 aromatic carbocycles. The lowest BCUT2D eigenvalue weighted by Crippen LogP contribution is -2.15. The number of hydrogen-bond donors (Lipinski definition) is 1. The summed E-state index contributed by atoms with van der Waals surface area (Å²) in [7, 11) is 1.72. The van der Waals surface area contributed by atoms with Crippen molar-refractivity contribution in [3.63, 3.8) is 0 Å². The van der Waals surface area contributed by atoms with E-state index in [-0.39, 0.29) is 5.82 Å². The van der Waals surface area contributed by atoms with Crippen LogP contribution in [0.15, 0.2) is 22.7 Å². The van der Waals surface area contributed by atoms with Crippen LogP contribution in [-0.2, 0) is 11.3 Å². The average molecular weight is 304 g/mol. The van der Waals surface area contributed by atoms with E-state index in [1.54, 1.807) is 13.2 Å². The third-order valence-electron chi connectivity index (χ3n) is 2.53. The fraction of sp³-hybridized carbons (Fsp3) is 0.538. The van der Waals surface area contributed by atoms with Crippen molar-refractivity contribution in [2.45, 2.75) is 25.8 Å². The quantitative estimate of drug-likeness (QED) is 0.742. The van der Waals surface area contributed by atoms with Gasteiger partial charge < -0.3 is 10.1 Å². The molecule has 0 radical (unpaired) electrons. The maximum atomic E-state index is 13.4. The number of ether oxygens (including phenoxy) is 1. The monoisotopic (exact) mass is 303 g/mol. The minimum atomic E-state index is -0.161. The van der Waals surface area contributed by atoms with Crippen LogP contribution in [0.4, 0.5) is 4.39 Å². The van der Waals surface area contributed by atoms with Crippen molar-refractivity contribution in [2.24, 2.45) is 0 Å². The molecule has 0 heterocycles. The van der Waals surface area contributed by atoms with Gasteiger partial charge >= 0.3 is 0 Å². The molecule has 0 fully saturated rings. The van der Waals surface area contributed by atoms with Gasteiger partial charge in [-0.2, -0.15) is 0 Å². The maximum absolute atomic E-state index is 13.4. The molecule has 96 valence electrons. The minimum Gasteiger partial charge on any atom is -0.385 e. The molecule has 1 rings (SSSR count). The summed E-state index contributed by atoms with van der Waals surface area (Å²) in [5.41, 5.74) is 0.713. The second kappa shape index (κ2) is 8.61. The Morgan fingerprint density at radius 2 is 2.12 bits per heavy atom. The van der Waals surface area contributed by atoms with Gasteiger partial charge in [-0.1, -0.05) is 22.0 Å². The zero-order chi connectivity index (χ0) is 12.5. The van der Waals surface area contributed by atoms with Crippen LogP contribution in [0.25, 0.3) is 0 Å². The van der Waals surface area contributed by atoms with E-state index in [2.05, 4.69) is 21.2 Å². The van der Waals surface area contributed by atoms with Crippen LogP contribution >= 0.6 is 15.9 Å². The van der Waals surface area contributed by atoms with Crippen LogP contribution in [-0.4, -0.2) is 20.3 Å². The van der Waals surface area contributed by atoms with Crippen LogP contribution in [0.3, 0.4) is 0 Å². The molecular weight excluding hydrogens is 285 g/mol. The number of benzene rings is 1. The van der Waals surface area contributed by atoms with Gasteiger partial charge in [0.2, 0.25) is 0 Å². The molecule has 0 saturated heterocycles. The van der Waals surface area contributed by atoms with Crippen LogP contribution < -0.4 is 5.32 Å². The Kier molecular flexibility index (Phi) is 7.40. The summed E-state index contributed by atoms with van der Waals surface area (Å²) in [6.45, 7) is 2.32. The lowest BCUT2D eigenvalue weighted by molar-refractivity contribution is 0.192. The normalized spacial score (nSPS) is 10.8. The van der Waals surface area contributed by atoms with Crippen molar-refractivity contribution in [3.05, 3.63) is 34.1 Å². The van der Waals surface area contributed by atoms with Gasteiger partial charge in [-0.25, -0.2) is 4.39 Å². The summed E-state index contributed by atoms with van der Waals surface area (Å²) in [5.74, 6) is -0.161. The topological polar surface area (TPSA) is 21.3 Å². The number of rotatable bonds is 8. The molecule has 0 saturated carbocycles. The fourth-order valence-electron chi connectivity index (χ4n) is 1.56. The second-order valence-corrected chi connectivity index (χ2v) is 4.88. The molecule has 1 N–H and O–H groups in total. The standard InChI is InChI=1S/C13H19BrFNO/c1-17-8-4-2-3-7-16-10-11-5-6-12(14)9-13(11)15/h5-6,9,16H,2-4,7-8,10H2,1H3. The molecule has 0 spiro atoms. The summed E-state index contributed by atoms with van der Waals surface area (Å²) in [6, 6.07) is 5.16. The molecule has 0 aliphatic rings. The molecule has 0 atom stereocenters. The van der Waals surface area contributed by atoms with Crippen molar-refractivity contribution in [1.82, 2.24) is 5.32 Å². The highest BCUT2D eigenvalue weighted by Crippen LogP contribution is 2.14. The first-order valence-electron chi connectivity index (χ1n) is 5.87. The Balaban J connectivity index is 2.14. The zero-order valence-corrected chi connectivity index (χ0v) is 11.7. The van der Waals surface area contributed by atoms with E-state index in [0.717, 1.165) is 36.9 Å². The predicted molar refractivity (Wildman–Crippen MR) is 71.5 cm³/mol. The summed E-state index contributed by atoms with van der Waals surface area (Å²) in [5, 5.41) is 3.24. The molecule has 0 aromatic heterocycles. The van der Waals surface area contributed by atoms with Crippen LogP contribution in [0.5, 0.6) is 0 Å². The van der Waals surface area contributed by atoms with Crippen LogP contribution in [0.2, 0.25) is 0 Å². The van der Waals surface area contributed by atoms with Gasteiger partial charge in [-0.3, -0.25) is 0 Å². The fourth-order valence-corrected chi connectivity index (χ4v) is 1.89. The van der Waals surface area contributed by atoms with Gasteiger partial charge in [0, 0.05) is 30.3 Å². The van der Waals surface area contributed by atoms with Gasteiger partial charge in [0.1, 0.15) is 5.82 Å². The smallest absolute Gasteiger partial charge is 0.128 e. The van der Waals surface area contributed by atoms with E-state index in [1.165, 1.54) is 6.07 Å². The number of hydrogen-bond acceptors (Lipinski definition) is 2. The molecule has 17 heavy (non-hydrogen) atoms. The molecule has 2 nitrogen and oxygen atoms in total. The molecule has 0 amide bonds. The molecule has 0 bridgehead atoms. The highest BCUT2D eigenvalue weighted by molar-refractivity contribution is 9.10. The average Bonchev–Trinajstić information content (AvgIpc) is 2.30. The minimum absolute atomic E-state index is 0.161. The summed E-state index contributed by atoms with van der Waals surface area (Å²) in [4.78, 5) is 0. The number of halogens is 2. The van der Waals surface area contributed by atoms with Crippen LogP contribution in [0.1, 0.15) is 24.8 Å². The van der Waals surface area contributed by atoms with Crippen molar-refractivity contribution in [2.75, 3.05) is 20.3 Å². The molecule has 0 aliphatic carbocycles. The molecule has 4 heteroatoms. The molecular formula is C13H19BrFNO. The van der Waals surface area contributed by atoms with Gasteiger partial charge in [-0.05, 0) is 37.9 Å². The summed E-state index contributed by atoms with van der Waals surface area (Å²) < 4.78 is 19.2. The van der Waals surface area contributed by atoms with E-state index in [0.29, 0.717) is 12.1 Å². The second-order valence-electron chi connectivity index (χ2n) is 3.97. The van der Waals surface area contributed by atoms with Crippen molar-refractivity contribution in [3.8, 4) is 0 Å². The Labute approximate surface area is 111 Å². The number of methoxy groups -OCH3 is 1. The molecule has 0 aliphatic heterocycles. The van der Waals surface area contributed by atoms with Gasteiger partial charge in [-0.15, -0.1) is 0 Å².